The van der Waals surface area contributed by atoms with E-state index in [1.165, 1.54) is 0 Å². The number of halogens is 3. The Morgan fingerprint density at radius 3 is 2.67 bits per heavy atom. The molecule has 3 aromatic rings. The van der Waals surface area contributed by atoms with E-state index in [2.05, 4.69) is 15.0 Å². The van der Waals surface area contributed by atoms with Gasteiger partial charge in [0.15, 0.2) is 17.1 Å². The van der Waals surface area contributed by atoms with Crippen molar-refractivity contribution >= 4 is 5.65 Å². The van der Waals surface area contributed by atoms with Crippen molar-refractivity contribution in [1.82, 2.24) is 19.5 Å². The van der Waals surface area contributed by atoms with Crippen LogP contribution in [-0.2, 0) is 12.7 Å². The van der Waals surface area contributed by atoms with Crippen LogP contribution in [0.3, 0.4) is 0 Å². The number of likely N-dealkylation sites (tertiary alicyclic amines) is 1. The number of hydrogen-bond donors (Lipinski definition) is 0. The number of methoxy groups -OCH3 is 2. The van der Waals surface area contributed by atoms with Gasteiger partial charge in [0.25, 0.3) is 0 Å². The van der Waals surface area contributed by atoms with E-state index in [0.29, 0.717) is 29.4 Å². The first-order valence-corrected chi connectivity index (χ1v) is 9.70. The summed E-state index contributed by atoms with van der Waals surface area (Å²) in [5.74, 6) is 1.31. The minimum atomic E-state index is -4.50. The van der Waals surface area contributed by atoms with Crippen LogP contribution in [0.15, 0.2) is 30.3 Å². The highest BCUT2D eigenvalue weighted by molar-refractivity contribution is 5.47. The summed E-state index contributed by atoms with van der Waals surface area (Å²) >= 11 is 0. The Balaban J connectivity index is 1.69. The molecule has 0 N–H and O–H groups in total. The SMILES string of the molecule is COc1cccc(CN2CCC[C@H]2c2cc3nc(C)cc(C(F)(F)F)n3n2)c1OC. The van der Waals surface area contributed by atoms with E-state index in [-0.39, 0.29) is 11.7 Å². The van der Waals surface area contributed by atoms with Crippen molar-refractivity contribution in [3.05, 3.63) is 53.0 Å². The van der Waals surface area contributed by atoms with Gasteiger partial charge in [-0.3, -0.25) is 4.90 Å². The van der Waals surface area contributed by atoms with Crippen LogP contribution >= 0.6 is 0 Å². The van der Waals surface area contributed by atoms with Crippen LogP contribution < -0.4 is 9.47 Å². The summed E-state index contributed by atoms with van der Waals surface area (Å²) in [5, 5.41) is 4.31. The molecule has 160 valence electrons. The Hall–Kier alpha value is -2.81. The van der Waals surface area contributed by atoms with Gasteiger partial charge >= 0.3 is 6.18 Å². The summed E-state index contributed by atoms with van der Waals surface area (Å²) in [7, 11) is 3.18. The van der Waals surface area contributed by atoms with Gasteiger partial charge in [-0.05, 0) is 38.4 Å². The van der Waals surface area contributed by atoms with Crippen molar-refractivity contribution in [2.24, 2.45) is 0 Å². The van der Waals surface area contributed by atoms with E-state index < -0.39 is 11.9 Å². The first kappa shape index (κ1) is 20.5. The lowest BCUT2D eigenvalue weighted by atomic mass is 10.1. The molecule has 0 radical (unpaired) electrons. The highest BCUT2D eigenvalue weighted by Gasteiger charge is 2.36. The maximum Gasteiger partial charge on any atom is 0.433 e. The summed E-state index contributed by atoms with van der Waals surface area (Å²) < 4.78 is 52.2. The lowest BCUT2D eigenvalue weighted by Gasteiger charge is -2.24. The fourth-order valence-corrected chi connectivity index (χ4v) is 4.13. The molecule has 30 heavy (non-hydrogen) atoms. The van der Waals surface area contributed by atoms with Gasteiger partial charge in [0.1, 0.15) is 5.69 Å². The zero-order chi connectivity index (χ0) is 21.5. The van der Waals surface area contributed by atoms with Crippen LogP contribution in [0, 0.1) is 6.92 Å². The molecule has 6 nitrogen and oxygen atoms in total. The van der Waals surface area contributed by atoms with Crippen LogP contribution in [-0.4, -0.2) is 40.3 Å². The molecule has 0 aliphatic carbocycles. The van der Waals surface area contributed by atoms with Gasteiger partial charge in [-0.25, -0.2) is 9.50 Å². The van der Waals surface area contributed by atoms with Gasteiger partial charge in [0, 0.05) is 23.9 Å². The number of hydrogen-bond acceptors (Lipinski definition) is 5. The first-order chi connectivity index (χ1) is 14.3. The summed E-state index contributed by atoms with van der Waals surface area (Å²) in [6.07, 6.45) is -2.75. The Morgan fingerprint density at radius 1 is 1.17 bits per heavy atom. The lowest BCUT2D eigenvalue weighted by Crippen LogP contribution is -2.23. The van der Waals surface area contributed by atoms with Crippen molar-refractivity contribution < 1.29 is 22.6 Å². The lowest BCUT2D eigenvalue weighted by molar-refractivity contribution is -0.142. The molecule has 0 unspecified atom stereocenters. The summed E-state index contributed by atoms with van der Waals surface area (Å²) in [6, 6.07) is 8.29. The van der Waals surface area contributed by atoms with Gasteiger partial charge in [-0.1, -0.05) is 12.1 Å². The second-order valence-corrected chi connectivity index (χ2v) is 7.40. The Bertz CT molecular complexity index is 1060. The van der Waals surface area contributed by atoms with Crippen molar-refractivity contribution in [2.75, 3.05) is 20.8 Å². The number of benzene rings is 1. The van der Waals surface area contributed by atoms with Crippen LogP contribution in [0.25, 0.3) is 5.65 Å². The Morgan fingerprint density at radius 2 is 1.97 bits per heavy atom. The molecule has 1 saturated heterocycles. The molecule has 1 aromatic carbocycles. The van der Waals surface area contributed by atoms with Crippen molar-refractivity contribution in [2.45, 2.75) is 38.5 Å². The van der Waals surface area contributed by atoms with E-state index in [9.17, 15) is 13.2 Å². The third kappa shape index (κ3) is 3.69. The predicted molar refractivity (Wildman–Crippen MR) is 105 cm³/mol. The largest absolute Gasteiger partial charge is 0.493 e. The summed E-state index contributed by atoms with van der Waals surface area (Å²) in [6.45, 7) is 2.95. The van der Waals surface area contributed by atoms with Gasteiger partial charge in [0.2, 0.25) is 0 Å². The molecule has 1 atom stereocenters. The molecule has 9 heteroatoms. The number of rotatable bonds is 5. The summed E-state index contributed by atoms with van der Waals surface area (Å²) in [4.78, 5) is 6.45. The molecule has 4 rings (SSSR count). The fraction of sp³-hybridized carbons (Fsp3) is 0.429. The van der Waals surface area contributed by atoms with E-state index in [1.807, 2.05) is 18.2 Å². The molecular formula is C21H23F3N4O2. The number of nitrogens with zero attached hydrogens (tertiary/aromatic N) is 4. The number of alkyl halides is 3. The topological polar surface area (TPSA) is 51.9 Å². The number of aryl methyl sites for hydroxylation is 1. The van der Waals surface area contributed by atoms with Crippen LogP contribution in [0.1, 0.15) is 41.5 Å². The molecule has 3 heterocycles. The molecule has 1 aliphatic heterocycles. The second kappa shape index (κ2) is 7.79. The molecule has 0 amide bonds. The van der Waals surface area contributed by atoms with E-state index >= 15 is 0 Å². The molecule has 0 bridgehead atoms. The van der Waals surface area contributed by atoms with E-state index in [0.717, 1.165) is 35.5 Å². The van der Waals surface area contributed by atoms with Gasteiger partial charge in [-0.15, -0.1) is 0 Å². The van der Waals surface area contributed by atoms with Gasteiger partial charge in [0.05, 0.1) is 26.0 Å². The number of ether oxygens (including phenoxy) is 2. The Kier molecular flexibility index (Phi) is 5.31. The predicted octanol–water partition coefficient (Wildman–Crippen LogP) is 4.41. The minimum Gasteiger partial charge on any atom is -0.493 e. The highest BCUT2D eigenvalue weighted by Crippen LogP contribution is 2.38. The van der Waals surface area contributed by atoms with Crippen molar-refractivity contribution in [3.63, 3.8) is 0 Å². The minimum absolute atomic E-state index is 0.0935. The maximum atomic E-state index is 13.5. The van der Waals surface area contributed by atoms with Crippen LogP contribution in [0.2, 0.25) is 0 Å². The second-order valence-electron chi connectivity index (χ2n) is 7.40. The third-order valence-electron chi connectivity index (χ3n) is 5.43. The number of fused-ring (bicyclic) bond motifs is 1. The zero-order valence-corrected chi connectivity index (χ0v) is 17.0. The summed E-state index contributed by atoms with van der Waals surface area (Å²) in [5.41, 5.74) is 1.26. The van der Waals surface area contributed by atoms with Crippen molar-refractivity contribution in [3.8, 4) is 11.5 Å². The first-order valence-electron chi connectivity index (χ1n) is 9.70. The molecular weight excluding hydrogens is 397 g/mol. The monoisotopic (exact) mass is 420 g/mol. The molecule has 0 saturated carbocycles. The van der Waals surface area contributed by atoms with Crippen molar-refractivity contribution in [1.29, 1.82) is 0 Å². The smallest absolute Gasteiger partial charge is 0.433 e. The van der Waals surface area contributed by atoms with Gasteiger partial charge in [-0.2, -0.15) is 18.3 Å². The normalized spacial score (nSPS) is 17.6. The third-order valence-corrected chi connectivity index (χ3v) is 5.43. The van der Waals surface area contributed by atoms with Crippen LogP contribution in [0.4, 0.5) is 13.2 Å². The Labute approximate surface area is 172 Å². The number of aromatic nitrogens is 3. The van der Waals surface area contributed by atoms with E-state index in [4.69, 9.17) is 9.47 Å². The zero-order valence-electron chi connectivity index (χ0n) is 17.0. The average Bonchev–Trinajstić information content (AvgIpc) is 3.32. The van der Waals surface area contributed by atoms with E-state index in [1.54, 1.807) is 27.2 Å². The highest BCUT2D eigenvalue weighted by atomic mass is 19.4. The fourth-order valence-electron chi connectivity index (χ4n) is 4.13. The molecule has 1 fully saturated rings. The molecule has 1 aliphatic rings. The molecule has 2 aromatic heterocycles. The molecule has 0 spiro atoms. The van der Waals surface area contributed by atoms with Crippen LogP contribution in [0.5, 0.6) is 11.5 Å². The average molecular weight is 420 g/mol. The standard InChI is InChI=1S/C21H23F3N4O2/c1-13-10-18(21(22,23)24)28-19(25-13)11-15(26-28)16-7-5-9-27(16)12-14-6-4-8-17(29-2)20(14)30-3/h4,6,8,10-11,16H,5,7,9,12H2,1-3H3/t16-/m0/s1. The number of para-hydroxylation sites is 1. The maximum absolute atomic E-state index is 13.5. The van der Waals surface area contributed by atoms with Gasteiger partial charge < -0.3 is 9.47 Å². The quantitative estimate of drug-likeness (QED) is 0.612.